The SMILES string of the molecule is Cn1nc(-c2ccccc2)c(O)cc1=O. The molecule has 76 valence electrons. The third-order valence-electron chi connectivity index (χ3n) is 2.12. The first-order valence-electron chi connectivity index (χ1n) is 4.51. The molecule has 0 saturated heterocycles. The Balaban J connectivity index is 2.64. The number of nitrogens with zero attached hydrogens (tertiary/aromatic N) is 2. The first kappa shape index (κ1) is 9.45. The van der Waals surface area contributed by atoms with E-state index in [2.05, 4.69) is 5.10 Å². The van der Waals surface area contributed by atoms with Crippen molar-refractivity contribution in [1.29, 1.82) is 0 Å². The smallest absolute Gasteiger partial charge is 0.270 e. The Hall–Kier alpha value is -2.10. The van der Waals surface area contributed by atoms with Crippen molar-refractivity contribution < 1.29 is 5.11 Å². The fourth-order valence-corrected chi connectivity index (χ4v) is 1.33. The van der Waals surface area contributed by atoms with Crippen LogP contribution < -0.4 is 5.56 Å². The van der Waals surface area contributed by atoms with Crippen LogP contribution >= 0.6 is 0 Å². The lowest BCUT2D eigenvalue weighted by atomic mass is 10.1. The van der Waals surface area contributed by atoms with Gasteiger partial charge in [0.25, 0.3) is 5.56 Å². The molecule has 0 unspecified atom stereocenters. The summed E-state index contributed by atoms with van der Waals surface area (Å²) >= 11 is 0. The Morgan fingerprint density at radius 2 is 1.93 bits per heavy atom. The first-order chi connectivity index (χ1) is 7.18. The molecule has 15 heavy (non-hydrogen) atoms. The lowest BCUT2D eigenvalue weighted by molar-refractivity contribution is 0.467. The summed E-state index contributed by atoms with van der Waals surface area (Å²) in [5.41, 5.74) is 0.871. The van der Waals surface area contributed by atoms with E-state index in [9.17, 15) is 9.90 Å². The fraction of sp³-hybridized carbons (Fsp3) is 0.0909. The van der Waals surface area contributed by atoms with E-state index in [-0.39, 0.29) is 11.3 Å². The molecule has 0 amide bonds. The van der Waals surface area contributed by atoms with Crippen LogP contribution in [0, 0.1) is 0 Å². The van der Waals surface area contributed by atoms with Crippen LogP contribution in [0.4, 0.5) is 0 Å². The van der Waals surface area contributed by atoms with Crippen molar-refractivity contribution in [2.45, 2.75) is 0 Å². The number of rotatable bonds is 1. The highest BCUT2D eigenvalue weighted by Gasteiger charge is 2.07. The molecule has 1 aromatic carbocycles. The zero-order valence-corrected chi connectivity index (χ0v) is 8.21. The van der Waals surface area contributed by atoms with Crippen LogP contribution in [-0.2, 0) is 7.05 Å². The molecule has 0 bridgehead atoms. The first-order valence-corrected chi connectivity index (χ1v) is 4.51. The summed E-state index contributed by atoms with van der Waals surface area (Å²) in [5, 5.41) is 13.6. The van der Waals surface area contributed by atoms with Crippen molar-refractivity contribution in [2.75, 3.05) is 0 Å². The van der Waals surface area contributed by atoms with Gasteiger partial charge in [-0.2, -0.15) is 5.10 Å². The maximum atomic E-state index is 11.2. The van der Waals surface area contributed by atoms with Crippen LogP contribution in [0.5, 0.6) is 5.75 Å². The zero-order valence-electron chi connectivity index (χ0n) is 8.21. The molecule has 2 rings (SSSR count). The fourth-order valence-electron chi connectivity index (χ4n) is 1.33. The highest BCUT2D eigenvalue weighted by atomic mass is 16.3. The Morgan fingerprint density at radius 1 is 1.27 bits per heavy atom. The van der Waals surface area contributed by atoms with Crippen LogP contribution in [0.2, 0.25) is 0 Å². The topological polar surface area (TPSA) is 55.1 Å². The van der Waals surface area contributed by atoms with E-state index in [0.717, 1.165) is 11.6 Å². The van der Waals surface area contributed by atoms with Gasteiger partial charge in [-0.15, -0.1) is 0 Å². The summed E-state index contributed by atoms with van der Waals surface area (Å²) in [4.78, 5) is 11.2. The van der Waals surface area contributed by atoms with Crippen molar-refractivity contribution in [3.63, 3.8) is 0 Å². The second kappa shape index (κ2) is 3.57. The molecule has 0 spiro atoms. The molecule has 1 N–H and O–H groups in total. The van der Waals surface area contributed by atoms with E-state index in [1.165, 1.54) is 4.68 Å². The minimum atomic E-state index is -0.327. The van der Waals surface area contributed by atoms with E-state index >= 15 is 0 Å². The van der Waals surface area contributed by atoms with Gasteiger partial charge in [-0.1, -0.05) is 30.3 Å². The maximum absolute atomic E-state index is 11.2. The van der Waals surface area contributed by atoms with Gasteiger partial charge in [-0.3, -0.25) is 4.79 Å². The normalized spacial score (nSPS) is 10.2. The molecule has 0 aliphatic carbocycles. The molecule has 0 aliphatic heterocycles. The van der Waals surface area contributed by atoms with E-state index in [1.54, 1.807) is 7.05 Å². The van der Waals surface area contributed by atoms with Crippen LogP contribution in [0.3, 0.4) is 0 Å². The van der Waals surface area contributed by atoms with Crippen LogP contribution in [0.1, 0.15) is 0 Å². The predicted molar refractivity (Wildman–Crippen MR) is 56.6 cm³/mol. The van der Waals surface area contributed by atoms with E-state index in [0.29, 0.717) is 5.69 Å². The highest BCUT2D eigenvalue weighted by molar-refractivity contribution is 5.64. The van der Waals surface area contributed by atoms with Gasteiger partial charge < -0.3 is 5.11 Å². The molecule has 0 aliphatic rings. The number of hydrogen-bond donors (Lipinski definition) is 1. The van der Waals surface area contributed by atoms with Gasteiger partial charge in [-0.05, 0) is 0 Å². The zero-order chi connectivity index (χ0) is 10.8. The maximum Gasteiger partial charge on any atom is 0.270 e. The summed E-state index contributed by atoms with van der Waals surface area (Å²) in [6.45, 7) is 0. The average Bonchev–Trinajstić information content (AvgIpc) is 2.25. The van der Waals surface area contributed by atoms with E-state index in [4.69, 9.17) is 0 Å². The highest BCUT2D eigenvalue weighted by Crippen LogP contribution is 2.23. The standard InChI is InChI=1S/C11H10N2O2/c1-13-10(15)7-9(14)11(12-13)8-5-3-2-4-6-8/h2-7,14H,1H3. The van der Waals surface area contributed by atoms with Crippen molar-refractivity contribution in [3.05, 3.63) is 46.8 Å². The third kappa shape index (κ3) is 1.74. The number of benzene rings is 1. The van der Waals surface area contributed by atoms with Crippen molar-refractivity contribution >= 4 is 0 Å². The average molecular weight is 202 g/mol. The summed E-state index contributed by atoms with van der Waals surface area (Å²) in [7, 11) is 1.55. The largest absolute Gasteiger partial charge is 0.505 e. The molecule has 1 aromatic heterocycles. The lowest BCUT2D eigenvalue weighted by Crippen LogP contribution is -2.18. The number of aromatic hydroxyl groups is 1. The Kier molecular flexibility index (Phi) is 2.25. The van der Waals surface area contributed by atoms with Crippen molar-refractivity contribution in [2.24, 2.45) is 7.05 Å². The molecule has 4 nitrogen and oxygen atoms in total. The number of hydrogen-bond acceptors (Lipinski definition) is 3. The van der Waals surface area contributed by atoms with Gasteiger partial charge in [0.1, 0.15) is 11.4 Å². The summed E-state index contributed by atoms with van der Waals surface area (Å²) in [5.74, 6) is -0.0932. The van der Waals surface area contributed by atoms with Gasteiger partial charge >= 0.3 is 0 Å². The van der Waals surface area contributed by atoms with Gasteiger partial charge in [0.2, 0.25) is 0 Å². The molecule has 0 saturated carbocycles. The third-order valence-corrected chi connectivity index (χ3v) is 2.12. The molecule has 2 aromatic rings. The van der Waals surface area contributed by atoms with Crippen LogP contribution in [0.25, 0.3) is 11.3 Å². The second-order valence-electron chi connectivity index (χ2n) is 3.21. The van der Waals surface area contributed by atoms with Crippen LogP contribution in [0.15, 0.2) is 41.2 Å². The Bertz CT molecular complexity index is 532. The molecular weight excluding hydrogens is 192 g/mol. The monoisotopic (exact) mass is 202 g/mol. The molecule has 0 atom stereocenters. The van der Waals surface area contributed by atoms with Gasteiger partial charge in [0.05, 0.1) is 0 Å². The Labute approximate surface area is 86.4 Å². The molecule has 4 heteroatoms. The summed E-state index contributed by atoms with van der Waals surface area (Å²) in [6, 6.07) is 10.4. The van der Waals surface area contributed by atoms with Gasteiger partial charge in [0.15, 0.2) is 0 Å². The van der Waals surface area contributed by atoms with Crippen molar-refractivity contribution in [1.82, 2.24) is 9.78 Å². The Morgan fingerprint density at radius 3 is 2.60 bits per heavy atom. The summed E-state index contributed by atoms with van der Waals surface area (Å²) < 4.78 is 1.20. The minimum absolute atomic E-state index is 0.0932. The molecule has 0 fully saturated rings. The van der Waals surface area contributed by atoms with E-state index < -0.39 is 0 Å². The second-order valence-corrected chi connectivity index (χ2v) is 3.21. The quantitative estimate of drug-likeness (QED) is 0.754. The number of aromatic nitrogens is 2. The number of aryl methyl sites for hydroxylation is 1. The molecular formula is C11H10N2O2. The predicted octanol–water partition coefficient (Wildman–Crippen LogP) is 1.15. The van der Waals surface area contributed by atoms with Crippen molar-refractivity contribution in [3.8, 4) is 17.0 Å². The van der Waals surface area contributed by atoms with Crippen LogP contribution in [-0.4, -0.2) is 14.9 Å². The van der Waals surface area contributed by atoms with Gasteiger partial charge in [-0.25, -0.2) is 4.68 Å². The molecule has 0 radical (unpaired) electrons. The lowest BCUT2D eigenvalue weighted by Gasteiger charge is -2.04. The molecule has 1 heterocycles. The van der Waals surface area contributed by atoms with E-state index in [1.807, 2.05) is 30.3 Å². The van der Waals surface area contributed by atoms with Gasteiger partial charge in [0, 0.05) is 18.7 Å². The summed E-state index contributed by atoms with van der Waals surface area (Å²) in [6.07, 6.45) is 0. The minimum Gasteiger partial charge on any atom is -0.505 e.